The number of para-hydroxylation sites is 1. The smallest absolute Gasteiger partial charge is 0.123 e. The molecule has 0 aliphatic heterocycles. The molecule has 0 aromatic heterocycles. The van der Waals surface area contributed by atoms with E-state index in [1.165, 1.54) is 5.56 Å². The van der Waals surface area contributed by atoms with Crippen LogP contribution in [0.4, 0.5) is 0 Å². The SMILES string of the molecule is CC(C)c1ccc(-c2ccccc2O)cc1. The molecule has 1 N–H and O–H groups in total. The summed E-state index contributed by atoms with van der Waals surface area (Å²) in [5, 5.41) is 9.74. The number of phenolic OH excluding ortho intramolecular Hbond substituents is 1. The molecule has 0 unspecified atom stereocenters. The van der Waals surface area contributed by atoms with Gasteiger partial charge in [-0.15, -0.1) is 0 Å². The van der Waals surface area contributed by atoms with Crippen LogP contribution < -0.4 is 0 Å². The Balaban J connectivity index is 2.39. The summed E-state index contributed by atoms with van der Waals surface area (Å²) in [5.74, 6) is 0.873. The summed E-state index contributed by atoms with van der Waals surface area (Å²) in [4.78, 5) is 0. The van der Waals surface area contributed by atoms with Crippen LogP contribution in [0.25, 0.3) is 11.1 Å². The average Bonchev–Trinajstić information content (AvgIpc) is 2.30. The minimum atomic E-state index is 0.333. The lowest BCUT2D eigenvalue weighted by molar-refractivity contribution is 0.477. The second-order valence-electron chi connectivity index (χ2n) is 4.29. The Bertz CT molecular complexity index is 469. The maximum absolute atomic E-state index is 9.74. The molecule has 0 heterocycles. The van der Waals surface area contributed by atoms with Gasteiger partial charge in [0.25, 0.3) is 0 Å². The summed E-state index contributed by atoms with van der Waals surface area (Å²) in [6.07, 6.45) is 0. The van der Waals surface area contributed by atoms with E-state index in [1.807, 2.05) is 18.2 Å². The standard InChI is InChI=1S/C15H16O/c1-11(2)12-7-9-13(10-8-12)14-5-3-4-6-15(14)16/h3-11,16H,1-2H3. The van der Waals surface area contributed by atoms with Crippen molar-refractivity contribution >= 4 is 0 Å². The number of phenols is 1. The maximum Gasteiger partial charge on any atom is 0.123 e. The summed E-state index contributed by atoms with van der Waals surface area (Å²) >= 11 is 0. The first kappa shape index (κ1) is 10.7. The highest BCUT2D eigenvalue weighted by Crippen LogP contribution is 2.29. The van der Waals surface area contributed by atoms with Gasteiger partial charge in [-0.25, -0.2) is 0 Å². The van der Waals surface area contributed by atoms with Crippen LogP contribution in [0.3, 0.4) is 0 Å². The fourth-order valence-electron chi connectivity index (χ4n) is 1.77. The number of rotatable bonds is 2. The molecule has 2 aromatic carbocycles. The molecule has 0 aliphatic rings. The lowest BCUT2D eigenvalue weighted by Crippen LogP contribution is -1.86. The van der Waals surface area contributed by atoms with Crippen molar-refractivity contribution in [2.75, 3.05) is 0 Å². The first-order valence-corrected chi connectivity index (χ1v) is 5.57. The molecule has 0 amide bonds. The van der Waals surface area contributed by atoms with Gasteiger partial charge >= 0.3 is 0 Å². The van der Waals surface area contributed by atoms with E-state index >= 15 is 0 Å². The number of aromatic hydroxyl groups is 1. The van der Waals surface area contributed by atoms with Gasteiger partial charge in [-0.05, 0) is 23.1 Å². The molecule has 16 heavy (non-hydrogen) atoms. The Morgan fingerprint density at radius 3 is 2.06 bits per heavy atom. The van der Waals surface area contributed by atoms with E-state index < -0.39 is 0 Å². The van der Waals surface area contributed by atoms with Gasteiger partial charge in [-0.1, -0.05) is 56.3 Å². The molecule has 0 radical (unpaired) electrons. The monoisotopic (exact) mass is 212 g/mol. The van der Waals surface area contributed by atoms with E-state index in [-0.39, 0.29) is 0 Å². The van der Waals surface area contributed by atoms with Crippen LogP contribution in [0, 0.1) is 0 Å². The summed E-state index contributed by atoms with van der Waals surface area (Å²) < 4.78 is 0. The van der Waals surface area contributed by atoms with Gasteiger partial charge in [0.1, 0.15) is 5.75 Å². The summed E-state index contributed by atoms with van der Waals surface area (Å²) in [6, 6.07) is 15.8. The van der Waals surface area contributed by atoms with Crippen molar-refractivity contribution in [2.24, 2.45) is 0 Å². The fraction of sp³-hybridized carbons (Fsp3) is 0.200. The summed E-state index contributed by atoms with van der Waals surface area (Å²) in [5.41, 5.74) is 3.26. The molecule has 82 valence electrons. The third-order valence-corrected chi connectivity index (χ3v) is 2.79. The first-order chi connectivity index (χ1) is 7.68. The molecule has 1 nitrogen and oxygen atoms in total. The quantitative estimate of drug-likeness (QED) is 0.791. The average molecular weight is 212 g/mol. The van der Waals surface area contributed by atoms with Crippen molar-refractivity contribution in [3.8, 4) is 16.9 Å². The van der Waals surface area contributed by atoms with Crippen molar-refractivity contribution in [2.45, 2.75) is 19.8 Å². The third kappa shape index (κ3) is 2.08. The first-order valence-electron chi connectivity index (χ1n) is 5.57. The maximum atomic E-state index is 9.74. The lowest BCUT2D eigenvalue weighted by Gasteiger charge is -2.08. The van der Waals surface area contributed by atoms with E-state index in [4.69, 9.17) is 0 Å². The second-order valence-corrected chi connectivity index (χ2v) is 4.29. The molecule has 0 saturated heterocycles. The van der Waals surface area contributed by atoms with E-state index in [0.29, 0.717) is 11.7 Å². The summed E-state index contributed by atoms with van der Waals surface area (Å²) in [7, 11) is 0. The Morgan fingerprint density at radius 2 is 1.50 bits per heavy atom. The van der Waals surface area contributed by atoms with Gasteiger partial charge in [-0.3, -0.25) is 0 Å². The zero-order chi connectivity index (χ0) is 11.5. The molecular weight excluding hydrogens is 196 g/mol. The Labute approximate surface area is 96.4 Å². The van der Waals surface area contributed by atoms with Gasteiger partial charge < -0.3 is 5.11 Å². The molecule has 2 aromatic rings. The van der Waals surface area contributed by atoms with Crippen LogP contribution in [0.2, 0.25) is 0 Å². The van der Waals surface area contributed by atoms with Crippen molar-refractivity contribution < 1.29 is 5.11 Å². The Morgan fingerprint density at radius 1 is 0.875 bits per heavy atom. The van der Waals surface area contributed by atoms with Crippen LogP contribution >= 0.6 is 0 Å². The topological polar surface area (TPSA) is 20.2 Å². The number of hydrogen-bond acceptors (Lipinski definition) is 1. The summed E-state index contributed by atoms with van der Waals surface area (Å²) in [6.45, 7) is 4.35. The zero-order valence-electron chi connectivity index (χ0n) is 9.64. The molecule has 0 atom stereocenters. The van der Waals surface area contributed by atoms with Crippen molar-refractivity contribution in [3.05, 3.63) is 54.1 Å². The van der Waals surface area contributed by atoms with Crippen LogP contribution in [0.15, 0.2) is 48.5 Å². The van der Waals surface area contributed by atoms with Crippen LogP contribution in [-0.2, 0) is 0 Å². The van der Waals surface area contributed by atoms with Gasteiger partial charge in [-0.2, -0.15) is 0 Å². The number of benzene rings is 2. The third-order valence-electron chi connectivity index (χ3n) is 2.79. The molecule has 0 bridgehead atoms. The van der Waals surface area contributed by atoms with Crippen molar-refractivity contribution in [1.29, 1.82) is 0 Å². The molecular formula is C15H16O. The Hall–Kier alpha value is -1.76. The minimum Gasteiger partial charge on any atom is -0.507 e. The number of hydrogen-bond donors (Lipinski definition) is 1. The van der Waals surface area contributed by atoms with E-state index in [2.05, 4.69) is 38.1 Å². The van der Waals surface area contributed by atoms with E-state index in [1.54, 1.807) is 6.07 Å². The normalized spacial score (nSPS) is 10.7. The fourth-order valence-corrected chi connectivity index (χ4v) is 1.77. The Kier molecular flexibility index (Phi) is 2.95. The molecule has 2 rings (SSSR count). The highest BCUT2D eigenvalue weighted by Gasteiger charge is 2.03. The molecule has 1 heteroatoms. The van der Waals surface area contributed by atoms with Gasteiger partial charge in [0.2, 0.25) is 0 Å². The highest BCUT2D eigenvalue weighted by atomic mass is 16.3. The van der Waals surface area contributed by atoms with E-state index in [9.17, 15) is 5.11 Å². The molecule has 0 saturated carbocycles. The predicted octanol–water partition coefficient (Wildman–Crippen LogP) is 4.18. The van der Waals surface area contributed by atoms with Gasteiger partial charge in [0.05, 0.1) is 0 Å². The second kappa shape index (κ2) is 4.40. The molecule has 0 spiro atoms. The predicted molar refractivity (Wildman–Crippen MR) is 67.6 cm³/mol. The zero-order valence-corrected chi connectivity index (χ0v) is 9.64. The molecule has 0 aliphatic carbocycles. The van der Waals surface area contributed by atoms with Gasteiger partial charge in [0, 0.05) is 5.56 Å². The highest BCUT2D eigenvalue weighted by molar-refractivity contribution is 5.70. The van der Waals surface area contributed by atoms with Gasteiger partial charge in [0.15, 0.2) is 0 Å². The van der Waals surface area contributed by atoms with Crippen LogP contribution in [0.5, 0.6) is 5.75 Å². The van der Waals surface area contributed by atoms with Crippen molar-refractivity contribution in [3.63, 3.8) is 0 Å². The van der Waals surface area contributed by atoms with E-state index in [0.717, 1.165) is 11.1 Å². The largest absolute Gasteiger partial charge is 0.507 e. The van der Waals surface area contributed by atoms with Crippen molar-refractivity contribution in [1.82, 2.24) is 0 Å². The minimum absolute atomic E-state index is 0.333. The van der Waals surface area contributed by atoms with Crippen LogP contribution in [-0.4, -0.2) is 5.11 Å². The lowest BCUT2D eigenvalue weighted by atomic mass is 9.98. The van der Waals surface area contributed by atoms with Crippen LogP contribution in [0.1, 0.15) is 25.3 Å². The molecule has 0 fully saturated rings.